The van der Waals surface area contributed by atoms with Crippen molar-refractivity contribution in [3.8, 4) is 5.75 Å². The lowest BCUT2D eigenvalue weighted by Crippen LogP contribution is -2.22. The molecule has 1 heterocycles. The lowest BCUT2D eigenvalue weighted by molar-refractivity contribution is -0.118. The van der Waals surface area contributed by atoms with Gasteiger partial charge in [-0.2, -0.15) is 0 Å². The molecule has 1 aromatic heterocycles. The number of amides is 1. The second kappa shape index (κ2) is 7.47. The van der Waals surface area contributed by atoms with E-state index in [1.807, 2.05) is 0 Å². The lowest BCUT2D eigenvalue weighted by Gasteiger charge is -2.07. The highest BCUT2D eigenvalue weighted by molar-refractivity contribution is 7.94. The summed E-state index contributed by atoms with van der Waals surface area (Å²) in [6.45, 7) is 1.93. The largest absolute Gasteiger partial charge is 0.497 e. The summed E-state index contributed by atoms with van der Waals surface area (Å²) in [6, 6.07) is 9.98. The molecule has 0 aliphatic heterocycles. The summed E-state index contributed by atoms with van der Waals surface area (Å²) in [5.74, 6) is 0.555. The van der Waals surface area contributed by atoms with E-state index in [-0.39, 0.29) is 10.1 Å². The van der Waals surface area contributed by atoms with Crippen LogP contribution in [-0.2, 0) is 21.2 Å². The molecule has 0 atom stereocenters. The SMILES string of the molecule is COc1ccc(NS(=O)(=O)c2ccc(CCNC(C)=O)s2)cc1. The fraction of sp³-hybridized carbons (Fsp3) is 0.267. The summed E-state index contributed by atoms with van der Waals surface area (Å²) in [7, 11) is -2.06. The number of hydrogen-bond acceptors (Lipinski definition) is 5. The molecule has 124 valence electrons. The number of carbonyl (C=O) groups is 1. The minimum absolute atomic E-state index is 0.101. The maximum Gasteiger partial charge on any atom is 0.271 e. The highest BCUT2D eigenvalue weighted by atomic mass is 32.2. The molecule has 0 aliphatic rings. The van der Waals surface area contributed by atoms with E-state index in [9.17, 15) is 13.2 Å². The van der Waals surface area contributed by atoms with Crippen LogP contribution in [0.4, 0.5) is 5.69 Å². The molecule has 0 spiro atoms. The molecule has 0 radical (unpaired) electrons. The summed E-state index contributed by atoms with van der Waals surface area (Å²) in [5.41, 5.74) is 0.471. The van der Waals surface area contributed by atoms with Gasteiger partial charge in [0.1, 0.15) is 9.96 Å². The minimum Gasteiger partial charge on any atom is -0.497 e. The Morgan fingerprint density at radius 3 is 2.48 bits per heavy atom. The number of carbonyl (C=O) groups excluding carboxylic acids is 1. The summed E-state index contributed by atoms with van der Waals surface area (Å²) in [6.07, 6.45) is 0.600. The average molecular weight is 354 g/mol. The summed E-state index contributed by atoms with van der Waals surface area (Å²) < 4.78 is 32.5. The van der Waals surface area contributed by atoms with Crippen LogP contribution in [0.3, 0.4) is 0 Å². The predicted molar refractivity (Wildman–Crippen MR) is 90.5 cm³/mol. The number of sulfonamides is 1. The normalized spacial score (nSPS) is 11.0. The molecule has 0 saturated heterocycles. The van der Waals surface area contributed by atoms with Crippen molar-refractivity contribution in [2.24, 2.45) is 0 Å². The molecule has 0 aliphatic carbocycles. The summed E-state index contributed by atoms with van der Waals surface area (Å²) in [5, 5.41) is 2.68. The van der Waals surface area contributed by atoms with Gasteiger partial charge in [0.15, 0.2) is 0 Å². The number of nitrogens with one attached hydrogen (secondary N) is 2. The third-order valence-electron chi connectivity index (χ3n) is 2.99. The van der Waals surface area contributed by atoms with Crippen molar-refractivity contribution >= 4 is 33.0 Å². The van der Waals surface area contributed by atoms with Crippen LogP contribution in [0.25, 0.3) is 0 Å². The first-order valence-corrected chi connectivity index (χ1v) is 9.21. The molecule has 0 saturated carbocycles. The van der Waals surface area contributed by atoms with Crippen molar-refractivity contribution in [3.63, 3.8) is 0 Å². The Labute approximate surface area is 139 Å². The van der Waals surface area contributed by atoms with E-state index in [1.165, 1.54) is 18.3 Å². The van der Waals surface area contributed by atoms with Crippen molar-refractivity contribution in [3.05, 3.63) is 41.3 Å². The Bertz CT molecular complexity index is 767. The fourth-order valence-corrected chi connectivity index (χ4v) is 4.28. The lowest BCUT2D eigenvalue weighted by atomic mass is 10.3. The Balaban J connectivity index is 2.04. The van der Waals surface area contributed by atoms with Crippen molar-refractivity contribution in [1.29, 1.82) is 0 Å². The number of anilines is 1. The maximum atomic E-state index is 12.3. The van der Waals surface area contributed by atoms with Crippen LogP contribution >= 0.6 is 11.3 Å². The monoisotopic (exact) mass is 354 g/mol. The van der Waals surface area contributed by atoms with Gasteiger partial charge in [-0.15, -0.1) is 11.3 Å². The number of ether oxygens (including phenoxy) is 1. The summed E-state index contributed by atoms with van der Waals surface area (Å²) >= 11 is 1.19. The third-order valence-corrected chi connectivity index (χ3v) is 6.01. The van der Waals surface area contributed by atoms with E-state index in [2.05, 4.69) is 10.0 Å². The molecule has 23 heavy (non-hydrogen) atoms. The zero-order valence-electron chi connectivity index (χ0n) is 12.8. The Morgan fingerprint density at radius 1 is 1.17 bits per heavy atom. The molecule has 6 nitrogen and oxygen atoms in total. The smallest absolute Gasteiger partial charge is 0.271 e. The average Bonchev–Trinajstić information content (AvgIpc) is 2.97. The van der Waals surface area contributed by atoms with Gasteiger partial charge in [0, 0.05) is 24.0 Å². The molecule has 2 N–H and O–H groups in total. The molecular formula is C15H18N2O4S2. The van der Waals surface area contributed by atoms with Crippen LogP contribution in [0, 0.1) is 0 Å². The van der Waals surface area contributed by atoms with Crippen LogP contribution in [0.15, 0.2) is 40.6 Å². The number of rotatable bonds is 7. The molecule has 8 heteroatoms. The van der Waals surface area contributed by atoms with Crippen LogP contribution < -0.4 is 14.8 Å². The predicted octanol–water partition coefficient (Wildman–Crippen LogP) is 2.24. The van der Waals surface area contributed by atoms with E-state index in [1.54, 1.807) is 43.5 Å². The fourth-order valence-electron chi connectivity index (χ4n) is 1.86. The second-order valence-corrected chi connectivity index (χ2v) is 7.87. The quantitative estimate of drug-likeness (QED) is 0.799. The topological polar surface area (TPSA) is 84.5 Å². The number of hydrogen-bond donors (Lipinski definition) is 2. The highest BCUT2D eigenvalue weighted by Gasteiger charge is 2.17. The molecule has 0 bridgehead atoms. The van der Waals surface area contributed by atoms with Gasteiger partial charge in [0.05, 0.1) is 7.11 Å². The van der Waals surface area contributed by atoms with Gasteiger partial charge in [-0.1, -0.05) is 0 Å². The van der Waals surface area contributed by atoms with Crippen molar-refractivity contribution in [2.75, 3.05) is 18.4 Å². The highest BCUT2D eigenvalue weighted by Crippen LogP contribution is 2.25. The van der Waals surface area contributed by atoms with Gasteiger partial charge < -0.3 is 10.1 Å². The van der Waals surface area contributed by atoms with Crippen molar-refractivity contribution in [2.45, 2.75) is 17.6 Å². The van der Waals surface area contributed by atoms with Crippen molar-refractivity contribution in [1.82, 2.24) is 5.32 Å². The standard InChI is InChI=1S/C15H18N2O4S2/c1-11(18)16-10-9-14-7-8-15(22-14)23(19,20)17-12-3-5-13(21-2)6-4-12/h3-8,17H,9-10H2,1-2H3,(H,16,18). The first-order chi connectivity index (χ1) is 10.9. The van der Waals surface area contributed by atoms with E-state index in [0.717, 1.165) is 4.88 Å². The molecule has 0 unspecified atom stereocenters. The van der Waals surface area contributed by atoms with Gasteiger partial charge >= 0.3 is 0 Å². The Kier molecular flexibility index (Phi) is 5.62. The van der Waals surface area contributed by atoms with Gasteiger partial charge in [0.2, 0.25) is 5.91 Å². The molecule has 2 aromatic rings. The Hall–Kier alpha value is -2.06. The van der Waals surface area contributed by atoms with Gasteiger partial charge in [-0.25, -0.2) is 8.42 Å². The van der Waals surface area contributed by atoms with E-state index in [4.69, 9.17) is 4.74 Å². The maximum absolute atomic E-state index is 12.3. The van der Waals surface area contributed by atoms with Crippen LogP contribution in [0.2, 0.25) is 0 Å². The van der Waals surface area contributed by atoms with Crippen molar-refractivity contribution < 1.29 is 17.9 Å². The number of methoxy groups -OCH3 is 1. The third kappa shape index (κ3) is 4.97. The number of benzene rings is 1. The molecule has 2 rings (SSSR count). The summed E-state index contributed by atoms with van der Waals surface area (Å²) in [4.78, 5) is 11.7. The minimum atomic E-state index is -3.61. The second-order valence-electron chi connectivity index (χ2n) is 4.79. The van der Waals surface area contributed by atoms with Gasteiger partial charge in [-0.05, 0) is 42.8 Å². The van der Waals surface area contributed by atoms with Crippen LogP contribution in [0.1, 0.15) is 11.8 Å². The molecule has 1 aromatic carbocycles. The zero-order valence-corrected chi connectivity index (χ0v) is 14.5. The molecule has 1 amide bonds. The van der Waals surface area contributed by atoms with E-state index < -0.39 is 10.0 Å². The molecule has 0 fully saturated rings. The Morgan fingerprint density at radius 2 is 1.87 bits per heavy atom. The van der Waals surface area contributed by atoms with Crippen LogP contribution in [-0.4, -0.2) is 28.0 Å². The zero-order chi connectivity index (χ0) is 16.9. The first-order valence-electron chi connectivity index (χ1n) is 6.91. The number of thiophene rings is 1. The van der Waals surface area contributed by atoms with Gasteiger partial charge in [-0.3, -0.25) is 9.52 Å². The molecular weight excluding hydrogens is 336 g/mol. The van der Waals surface area contributed by atoms with E-state index in [0.29, 0.717) is 24.4 Å². The van der Waals surface area contributed by atoms with Crippen LogP contribution in [0.5, 0.6) is 5.75 Å². The first kappa shape index (κ1) is 17.3. The van der Waals surface area contributed by atoms with E-state index >= 15 is 0 Å². The van der Waals surface area contributed by atoms with Gasteiger partial charge in [0.25, 0.3) is 10.0 Å².